The first-order valence-electron chi connectivity index (χ1n) is 5.38. The van der Waals surface area contributed by atoms with E-state index in [0.717, 1.165) is 0 Å². The Morgan fingerprint density at radius 1 is 1.25 bits per heavy atom. The van der Waals surface area contributed by atoms with Gasteiger partial charge in [0.1, 0.15) is 0 Å². The minimum atomic E-state index is -3.38. The fourth-order valence-corrected chi connectivity index (χ4v) is 2.08. The zero-order valence-electron chi connectivity index (χ0n) is 10.4. The van der Waals surface area contributed by atoms with Crippen LogP contribution in [0.2, 0.25) is 0 Å². The van der Waals surface area contributed by atoms with E-state index in [0.29, 0.717) is 19.6 Å². The van der Waals surface area contributed by atoms with E-state index in [4.69, 9.17) is 5.11 Å². The Hall–Kier alpha value is -0.210. The predicted molar refractivity (Wildman–Crippen MR) is 64.4 cm³/mol. The van der Waals surface area contributed by atoms with E-state index >= 15 is 0 Å². The molecular weight excluding hydrogens is 230 g/mol. The third-order valence-corrected chi connectivity index (χ3v) is 3.88. The standard InChI is InChI=1S/C9H23N3O3S/c1-8(2)12(4)16(14,15)11-6-5-10-7-9(3)13/h8-11,13H,5-7H2,1-4H3. The summed E-state index contributed by atoms with van der Waals surface area (Å²) in [6, 6.07) is -0.0667. The maximum absolute atomic E-state index is 11.6. The number of hydrogen-bond donors (Lipinski definition) is 3. The molecule has 6 nitrogen and oxygen atoms in total. The zero-order chi connectivity index (χ0) is 12.8. The summed E-state index contributed by atoms with van der Waals surface area (Å²) in [6.07, 6.45) is -0.421. The lowest BCUT2D eigenvalue weighted by atomic mass is 10.4. The van der Waals surface area contributed by atoms with Gasteiger partial charge in [0.05, 0.1) is 6.10 Å². The maximum atomic E-state index is 11.6. The van der Waals surface area contributed by atoms with Crippen molar-refractivity contribution in [2.75, 3.05) is 26.7 Å². The Morgan fingerprint density at radius 3 is 2.25 bits per heavy atom. The smallest absolute Gasteiger partial charge is 0.279 e. The van der Waals surface area contributed by atoms with Crippen molar-refractivity contribution in [2.24, 2.45) is 0 Å². The van der Waals surface area contributed by atoms with Gasteiger partial charge in [0.25, 0.3) is 10.2 Å². The lowest BCUT2D eigenvalue weighted by Crippen LogP contribution is -2.44. The van der Waals surface area contributed by atoms with Crippen LogP contribution in [0.15, 0.2) is 0 Å². The van der Waals surface area contributed by atoms with Crippen molar-refractivity contribution in [1.82, 2.24) is 14.3 Å². The summed E-state index contributed by atoms with van der Waals surface area (Å²) < 4.78 is 27.0. The Kier molecular flexibility index (Phi) is 7.09. The Balaban J connectivity index is 3.84. The molecule has 0 radical (unpaired) electrons. The summed E-state index contributed by atoms with van der Waals surface area (Å²) in [5.74, 6) is 0. The van der Waals surface area contributed by atoms with Crippen molar-refractivity contribution in [3.05, 3.63) is 0 Å². The van der Waals surface area contributed by atoms with Crippen molar-refractivity contribution in [3.63, 3.8) is 0 Å². The van der Waals surface area contributed by atoms with E-state index in [1.165, 1.54) is 11.4 Å². The number of hydrogen-bond acceptors (Lipinski definition) is 4. The lowest BCUT2D eigenvalue weighted by molar-refractivity contribution is 0.192. The number of aliphatic hydroxyl groups excluding tert-OH is 1. The molecular formula is C9H23N3O3S. The van der Waals surface area contributed by atoms with E-state index in [1.54, 1.807) is 6.92 Å². The number of aliphatic hydroxyl groups is 1. The number of nitrogens with zero attached hydrogens (tertiary/aromatic N) is 1. The molecule has 0 aliphatic rings. The molecule has 0 aliphatic carbocycles. The average Bonchev–Trinajstić information content (AvgIpc) is 2.15. The van der Waals surface area contributed by atoms with Gasteiger partial charge in [-0.25, -0.2) is 4.72 Å². The van der Waals surface area contributed by atoms with Crippen molar-refractivity contribution in [2.45, 2.75) is 32.9 Å². The van der Waals surface area contributed by atoms with E-state index in [9.17, 15) is 8.42 Å². The van der Waals surface area contributed by atoms with Crippen LogP contribution in [0.5, 0.6) is 0 Å². The van der Waals surface area contributed by atoms with E-state index < -0.39 is 16.3 Å². The van der Waals surface area contributed by atoms with Crippen LogP contribution in [0.25, 0.3) is 0 Å². The molecule has 0 aliphatic heterocycles. The van der Waals surface area contributed by atoms with Crippen LogP contribution < -0.4 is 10.0 Å². The van der Waals surface area contributed by atoms with Gasteiger partial charge >= 0.3 is 0 Å². The summed E-state index contributed by atoms with van der Waals surface area (Å²) in [5, 5.41) is 11.9. The Labute approximate surface area is 98.2 Å². The second kappa shape index (κ2) is 7.18. The van der Waals surface area contributed by atoms with E-state index in [2.05, 4.69) is 10.0 Å². The molecule has 0 aromatic heterocycles. The molecule has 0 spiro atoms. The third kappa shape index (κ3) is 6.39. The first-order valence-corrected chi connectivity index (χ1v) is 6.82. The summed E-state index contributed by atoms with van der Waals surface area (Å²) in [7, 11) is -1.84. The molecule has 0 amide bonds. The van der Waals surface area contributed by atoms with Crippen LogP contribution in [0.4, 0.5) is 0 Å². The monoisotopic (exact) mass is 253 g/mol. The van der Waals surface area contributed by atoms with Crippen molar-refractivity contribution in [1.29, 1.82) is 0 Å². The van der Waals surface area contributed by atoms with Gasteiger partial charge in [0.15, 0.2) is 0 Å². The van der Waals surface area contributed by atoms with Gasteiger partial charge in [-0.2, -0.15) is 12.7 Å². The van der Waals surface area contributed by atoms with Crippen LogP contribution in [0.3, 0.4) is 0 Å². The largest absolute Gasteiger partial charge is 0.392 e. The molecule has 0 aromatic rings. The van der Waals surface area contributed by atoms with Gasteiger partial charge in [0, 0.05) is 32.7 Å². The van der Waals surface area contributed by atoms with Gasteiger partial charge in [-0.15, -0.1) is 0 Å². The number of rotatable bonds is 8. The molecule has 0 saturated heterocycles. The molecule has 98 valence electrons. The lowest BCUT2D eigenvalue weighted by Gasteiger charge is -2.21. The fourth-order valence-electron chi connectivity index (χ4n) is 0.959. The van der Waals surface area contributed by atoms with Crippen LogP contribution in [0, 0.1) is 0 Å². The molecule has 0 rings (SSSR count). The predicted octanol–water partition coefficient (Wildman–Crippen LogP) is -0.869. The molecule has 1 atom stereocenters. The van der Waals surface area contributed by atoms with Gasteiger partial charge < -0.3 is 10.4 Å². The van der Waals surface area contributed by atoms with Crippen LogP contribution >= 0.6 is 0 Å². The van der Waals surface area contributed by atoms with Crippen molar-refractivity contribution >= 4 is 10.2 Å². The highest BCUT2D eigenvalue weighted by Gasteiger charge is 2.18. The molecule has 0 bridgehead atoms. The van der Waals surface area contributed by atoms with E-state index in [1.807, 2.05) is 13.8 Å². The number of nitrogens with one attached hydrogen (secondary N) is 2. The minimum Gasteiger partial charge on any atom is -0.392 e. The van der Waals surface area contributed by atoms with Crippen molar-refractivity contribution in [3.8, 4) is 0 Å². The molecule has 7 heteroatoms. The third-order valence-electron chi connectivity index (χ3n) is 2.13. The maximum Gasteiger partial charge on any atom is 0.279 e. The van der Waals surface area contributed by atoms with Crippen LogP contribution in [0.1, 0.15) is 20.8 Å². The molecule has 16 heavy (non-hydrogen) atoms. The first-order chi connectivity index (χ1) is 7.27. The normalized spacial score (nSPS) is 14.7. The topological polar surface area (TPSA) is 81.7 Å². The van der Waals surface area contributed by atoms with Crippen LogP contribution in [-0.4, -0.2) is 56.7 Å². The highest BCUT2D eigenvalue weighted by Crippen LogP contribution is 1.99. The summed E-state index contributed by atoms with van der Waals surface area (Å²) >= 11 is 0. The first kappa shape index (κ1) is 15.8. The highest BCUT2D eigenvalue weighted by molar-refractivity contribution is 7.87. The molecule has 0 fully saturated rings. The molecule has 0 aromatic carbocycles. The fraction of sp³-hybridized carbons (Fsp3) is 1.00. The molecule has 3 N–H and O–H groups in total. The van der Waals surface area contributed by atoms with E-state index in [-0.39, 0.29) is 6.04 Å². The van der Waals surface area contributed by atoms with Gasteiger partial charge in [-0.3, -0.25) is 0 Å². The summed E-state index contributed by atoms with van der Waals surface area (Å²) in [4.78, 5) is 0. The van der Waals surface area contributed by atoms with Crippen molar-refractivity contribution < 1.29 is 13.5 Å². The van der Waals surface area contributed by atoms with Gasteiger partial charge in [-0.1, -0.05) is 0 Å². The van der Waals surface area contributed by atoms with Gasteiger partial charge in [-0.05, 0) is 20.8 Å². The Bertz CT molecular complexity index is 278. The molecule has 0 heterocycles. The zero-order valence-corrected chi connectivity index (χ0v) is 11.2. The Morgan fingerprint density at radius 2 is 1.81 bits per heavy atom. The quantitative estimate of drug-likeness (QED) is 0.491. The van der Waals surface area contributed by atoms with Gasteiger partial charge in [0.2, 0.25) is 0 Å². The SMILES string of the molecule is CC(O)CNCCNS(=O)(=O)N(C)C(C)C. The average molecular weight is 253 g/mol. The second-order valence-corrected chi connectivity index (χ2v) is 5.88. The summed E-state index contributed by atoms with van der Waals surface area (Å²) in [6.45, 7) is 6.56. The van der Waals surface area contributed by atoms with Crippen LogP contribution in [-0.2, 0) is 10.2 Å². The molecule has 1 unspecified atom stereocenters. The highest BCUT2D eigenvalue weighted by atomic mass is 32.2. The minimum absolute atomic E-state index is 0.0667. The second-order valence-electron chi connectivity index (χ2n) is 4.06. The summed E-state index contributed by atoms with van der Waals surface area (Å²) in [5.41, 5.74) is 0. The molecule has 0 saturated carbocycles.